The maximum absolute atomic E-state index is 13.4. The summed E-state index contributed by atoms with van der Waals surface area (Å²) < 4.78 is 19.4. The van der Waals surface area contributed by atoms with Crippen LogP contribution in [-0.4, -0.2) is 4.98 Å². The number of pyridine rings is 1. The van der Waals surface area contributed by atoms with Gasteiger partial charge in [-0.15, -0.1) is 0 Å². The van der Waals surface area contributed by atoms with Crippen molar-refractivity contribution >= 4 is 21.6 Å². The Kier molecular flexibility index (Phi) is 3.05. The van der Waals surface area contributed by atoms with Crippen molar-refractivity contribution < 1.29 is 9.13 Å². The van der Waals surface area contributed by atoms with Gasteiger partial charge in [-0.25, -0.2) is 9.37 Å². The fraction of sp³-hybridized carbons (Fsp3) is 0. The lowest BCUT2D eigenvalue weighted by Crippen LogP contribution is -1.92. The summed E-state index contributed by atoms with van der Waals surface area (Å²) >= 11 is 3.23. The highest BCUT2D eigenvalue weighted by molar-refractivity contribution is 9.10. The fourth-order valence-electron chi connectivity index (χ4n) is 1.15. The molecule has 1 heterocycles. The van der Waals surface area contributed by atoms with E-state index >= 15 is 0 Å². The van der Waals surface area contributed by atoms with E-state index in [1.54, 1.807) is 12.1 Å². The molecule has 1 aromatic heterocycles. The Balaban J connectivity index is 2.30. The Morgan fingerprint density at radius 3 is 2.81 bits per heavy atom. The molecule has 5 heteroatoms. The molecule has 0 spiro atoms. The lowest BCUT2D eigenvalue weighted by Gasteiger charge is -2.06. The first-order valence-electron chi connectivity index (χ1n) is 4.49. The topological polar surface area (TPSA) is 48.1 Å². The summed E-state index contributed by atoms with van der Waals surface area (Å²) in [5, 5.41) is 0. The number of hydrogen-bond donors (Lipinski definition) is 1. The number of ether oxygens (including phenoxy) is 1. The van der Waals surface area contributed by atoms with Crippen LogP contribution in [0.25, 0.3) is 0 Å². The van der Waals surface area contributed by atoms with E-state index < -0.39 is 5.82 Å². The molecular weight excluding hydrogens is 275 g/mol. The Morgan fingerprint density at radius 1 is 1.25 bits per heavy atom. The van der Waals surface area contributed by atoms with Gasteiger partial charge >= 0.3 is 0 Å². The van der Waals surface area contributed by atoms with Gasteiger partial charge in [0.1, 0.15) is 0 Å². The summed E-state index contributed by atoms with van der Waals surface area (Å²) in [7, 11) is 0. The maximum Gasteiger partial charge on any atom is 0.221 e. The first kappa shape index (κ1) is 10.9. The Morgan fingerprint density at radius 2 is 2.06 bits per heavy atom. The lowest BCUT2D eigenvalue weighted by molar-refractivity contribution is 0.427. The fourth-order valence-corrected chi connectivity index (χ4v) is 1.49. The van der Waals surface area contributed by atoms with Crippen molar-refractivity contribution in [3.63, 3.8) is 0 Å². The van der Waals surface area contributed by atoms with Crippen molar-refractivity contribution in [2.24, 2.45) is 0 Å². The zero-order chi connectivity index (χ0) is 11.5. The third-order valence-electron chi connectivity index (χ3n) is 1.87. The van der Waals surface area contributed by atoms with E-state index in [1.807, 2.05) is 0 Å². The molecule has 2 rings (SSSR count). The summed E-state index contributed by atoms with van der Waals surface area (Å²) in [4.78, 5) is 3.92. The zero-order valence-corrected chi connectivity index (χ0v) is 9.74. The lowest BCUT2D eigenvalue weighted by atomic mass is 10.3. The Bertz CT molecular complexity index is 519. The Hall–Kier alpha value is -1.62. The van der Waals surface area contributed by atoms with Crippen molar-refractivity contribution in [3.8, 4) is 11.6 Å². The van der Waals surface area contributed by atoms with Crippen LogP contribution in [0.3, 0.4) is 0 Å². The van der Waals surface area contributed by atoms with Gasteiger partial charge in [-0.2, -0.15) is 0 Å². The highest BCUT2D eigenvalue weighted by Crippen LogP contribution is 2.26. The predicted molar refractivity (Wildman–Crippen MR) is 62.8 cm³/mol. The number of aromatic nitrogens is 1. The molecule has 1 aromatic carbocycles. The first-order chi connectivity index (χ1) is 7.65. The van der Waals surface area contributed by atoms with Crippen LogP contribution >= 0.6 is 15.9 Å². The molecule has 0 saturated heterocycles. The van der Waals surface area contributed by atoms with Crippen LogP contribution in [0.1, 0.15) is 0 Å². The molecule has 0 fully saturated rings. The van der Waals surface area contributed by atoms with Crippen LogP contribution < -0.4 is 10.5 Å². The van der Waals surface area contributed by atoms with E-state index in [9.17, 15) is 4.39 Å². The molecule has 0 amide bonds. The van der Waals surface area contributed by atoms with Crippen molar-refractivity contribution in [2.45, 2.75) is 0 Å². The monoisotopic (exact) mass is 282 g/mol. The van der Waals surface area contributed by atoms with E-state index in [0.29, 0.717) is 5.69 Å². The van der Waals surface area contributed by atoms with Gasteiger partial charge in [0, 0.05) is 22.4 Å². The minimum atomic E-state index is -0.451. The minimum absolute atomic E-state index is 0.104. The number of nitrogen functional groups attached to an aromatic ring is 1. The van der Waals surface area contributed by atoms with Crippen molar-refractivity contribution in [2.75, 3.05) is 5.73 Å². The summed E-state index contributed by atoms with van der Waals surface area (Å²) in [6.45, 7) is 0. The van der Waals surface area contributed by atoms with E-state index in [-0.39, 0.29) is 11.6 Å². The van der Waals surface area contributed by atoms with E-state index in [0.717, 1.165) is 4.47 Å². The number of halogens is 2. The summed E-state index contributed by atoms with van der Waals surface area (Å²) in [6, 6.07) is 7.59. The first-order valence-corrected chi connectivity index (χ1v) is 5.29. The Labute approximate surface area is 100 Å². The second-order valence-electron chi connectivity index (χ2n) is 3.10. The predicted octanol–water partition coefficient (Wildman–Crippen LogP) is 3.36. The smallest absolute Gasteiger partial charge is 0.221 e. The van der Waals surface area contributed by atoms with E-state index in [1.165, 1.54) is 24.4 Å². The molecule has 0 bridgehead atoms. The van der Waals surface area contributed by atoms with E-state index in [2.05, 4.69) is 20.9 Å². The largest absolute Gasteiger partial charge is 0.436 e. The summed E-state index contributed by atoms with van der Waals surface area (Å²) in [5.74, 6) is -0.0862. The highest BCUT2D eigenvalue weighted by Gasteiger charge is 2.06. The maximum atomic E-state index is 13.4. The molecule has 3 nitrogen and oxygen atoms in total. The van der Waals surface area contributed by atoms with Gasteiger partial charge < -0.3 is 10.5 Å². The number of nitrogens with two attached hydrogens (primary N) is 1. The SMILES string of the molecule is Nc1ccnc(Oc2cc(Br)ccc2F)c1. The molecule has 0 atom stereocenters. The molecule has 0 unspecified atom stereocenters. The van der Waals surface area contributed by atoms with Crippen LogP contribution in [0, 0.1) is 5.82 Å². The van der Waals surface area contributed by atoms with Gasteiger partial charge in [0.25, 0.3) is 0 Å². The van der Waals surface area contributed by atoms with Crippen LogP contribution in [0.4, 0.5) is 10.1 Å². The average Bonchev–Trinajstić information content (AvgIpc) is 2.24. The van der Waals surface area contributed by atoms with Crippen molar-refractivity contribution in [1.29, 1.82) is 0 Å². The molecular formula is C11H8BrFN2O. The van der Waals surface area contributed by atoms with Gasteiger partial charge in [-0.05, 0) is 24.3 Å². The molecule has 82 valence electrons. The van der Waals surface area contributed by atoms with Gasteiger partial charge in [0.2, 0.25) is 5.88 Å². The zero-order valence-electron chi connectivity index (χ0n) is 8.15. The van der Waals surface area contributed by atoms with E-state index in [4.69, 9.17) is 10.5 Å². The minimum Gasteiger partial charge on any atom is -0.436 e. The number of nitrogens with zero attached hydrogens (tertiary/aromatic N) is 1. The quantitative estimate of drug-likeness (QED) is 0.919. The highest BCUT2D eigenvalue weighted by atomic mass is 79.9. The molecule has 0 aliphatic carbocycles. The van der Waals surface area contributed by atoms with Gasteiger partial charge in [0.05, 0.1) is 0 Å². The van der Waals surface area contributed by atoms with Crippen molar-refractivity contribution in [3.05, 3.63) is 46.8 Å². The van der Waals surface area contributed by atoms with Gasteiger partial charge in [-0.1, -0.05) is 15.9 Å². The third kappa shape index (κ3) is 2.49. The second-order valence-corrected chi connectivity index (χ2v) is 4.02. The average molecular weight is 283 g/mol. The number of hydrogen-bond acceptors (Lipinski definition) is 3. The molecule has 0 radical (unpaired) electrons. The van der Waals surface area contributed by atoms with Crippen LogP contribution in [0.15, 0.2) is 41.0 Å². The standard InChI is InChI=1S/C11H8BrFN2O/c12-7-1-2-9(13)10(5-7)16-11-6-8(14)3-4-15-11/h1-6H,(H2,14,15). The van der Waals surface area contributed by atoms with Gasteiger partial charge in [-0.3, -0.25) is 0 Å². The number of benzene rings is 1. The summed E-state index contributed by atoms with van der Waals surface area (Å²) in [5.41, 5.74) is 6.07. The van der Waals surface area contributed by atoms with Crippen molar-refractivity contribution in [1.82, 2.24) is 4.98 Å². The van der Waals surface area contributed by atoms with Gasteiger partial charge in [0.15, 0.2) is 11.6 Å². The molecule has 0 aliphatic heterocycles. The number of rotatable bonds is 2. The summed E-state index contributed by atoms with van der Waals surface area (Å²) in [6.07, 6.45) is 1.50. The second kappa shape index (κ2) is 4.49. The molecule has 16 heavy (non-hydrogen) atoms. The normalized spacial score (nSPS) is 10.1. The van der Waals surface area contributed by atoms with Crippen LogP contribution in [-0.2, 0) is 0 Å². The molecule has 0 saturated carbocycles. The molecule has 2 aromatic rings. The third-order valence-corrected chi connectivity index (χ3v) is 2.36. The van der Waals surface area contributed by atoms with Crippen LogP contribution in [0.2, 0.25) is 0 Å². The molecule has 2 N–H and O–H groups in total. The number of anilines is 1. The van der Waals surface area contributed by atoms with Crippen LogP contribution in [0.5, 0.6) is 11.6 Å². The molecule has 0 aliphatic rings.